The quantitative estimate of drug-likeness (QED) is 0.305. The van der Waals surface area contributed by atoms with E-state index in [0.29, 0.717) is 31.9 Å². The summed E-state index contributed by atoms with van der Waals surface area (Å²) >= 11 is 1.67. The molecule has 0 N–H and O–H groups in total. The first kappa shape index (κ1) is 22.7. The first-order valence-corrected chi connectivity index (χ1v) is 12.6. The number of benzene rings is 2. The van der Waals surface area contributed by atoms with Gasteiger partial charge in [0.1, 0.15) is 5.69 Å². The lowest BCUT2D eigenvalue weighted by atomic mass is 9.74. The second kappa shape index (κ2) is 9.37. The van der Waals surface area contributed by atoms with Crippen LogP contribution in [0.25, 0.3) is 28.1 Å². The molecule has 0 saturated carbocycles. The summed E-state index contributed by atoms with van der Waals surface area (Å²) in [7, 11) is 1.46. The Balaban J connectivity index is 1.35. The minimum atomic E-state index is -0.658. The smallest absolute Gasteiger partial charge is 0.316 e. The summed E-state index contributed by atoms with van der Waals surface area (Å²) in [4.78, 5) is 19.4. The molecule has 0 bridgehead atoms. The zero-order valence-electron chi connectivity index (χ0n) is 19.8. The Morgan fingerprint density at radius 3 is 2.64 bits per heavy atom. The third-order valence-electron chi connectivity index (χ3n) is 6.78. The van der Waals surface area contributed by atoms with Crippen LogP contribution in [0.15, 0.2) is 88.8 Å². The molecule has 1 aliphatic rings. The van der Waals surface area contributed by atoms with Crippen molar-refractivity contribution in [2.75, 3.05) is 20.3 Å². The van der Waals surface area contributed by atoms with Gasteiger partial charge < -0.3 is 9.47 Å². The zero-order valence-corrected chi connectivity index (χ0v) is 20.6. The van der Waals surface area contributed by atoms with E-state index in [2.05, 4.69) is 51.6 Å². The predicted molar refractivity (Wildman–Crippen MR) is 138 cm³/mol. The van der Waals surface area contributed by atoms with Gasteiger partial charge in [0, 0.05) is 29.2 Å². The fourth-order valence-corrected chi connectivity index (χ4v) is 5.85. The number of hydrogen-bond donors (Lipinski definition) is 0. The van der Waals surface area contributed by atoms with Gasteiger partial charge in [0.15, 0.2) is 11.5 Å². The van der Waals surface area contributed by atoms with Crippen LogP contribution in [0.5, 0.6) is 0 Å². The maximum atomic E-state index is 12.8. The number of carbonyl (C=O) groups is 1. The van der Waals surface area contributed by atoms with E-state index in [1.807, 2.05) is 40.8 Å². The Morgan fingerprint density at radius 2 is 1.83 bits per heavy atom. The molecule has 36 heavy (non-hydrogen) atoms. The molecular formula is C28H24N4O3S. The molecule has 0 radical (unpaired) electrons. The van der Waals surface area contributed by atoms with E-state index >= 15 is 0 Å². The Hall–Kier alpha value is -3.75. The van der Waals surface area contributed by atoms with Crippen LogP contribution < -0.4 is 0 Å². The Kier molecular flexibility index (Phi) is 5.91. The summed E-state index contributed by atoms with van der Waals surface area (Å²) in [5.74, 6) is 0.522. The fraction of sp³-hybridized carbons (Fsp3) is 0.214. The predicted octanol–water partition coefficient (Wildman–Crippen LogP) is 5.32. The molecule has 2 aromatic carbocycles. The summed E-state index contributed by atoms with van der Waals surface area (Å²) in [6.07, 6.45) is 3.00. The molecule has 0 aliphatic carbocycles. The van der Waals surface area contributed by atoms with E-state index in [1.165, 1.54) is 7.11 Å². The monoisotopic (exact) mass is 496 g/mol. The number of esters is 1. The molecule has 3 aromatic heterocycles. The highest BCUT2D eigenvalue weighted by Gasteiger charge is 2.43. The molecule has 6 rings (SSSR count). The van der Waals surface area contributed by atoms with Gasteiger partial charge in [-0.05, 0) is 78.4 Å². The summed E-state index contributed by atoms with van der Waals surface area (Å²) in [5.41, 5.74) is 2.90. The van der Waals surface area contributed by atoms with Crippen LogP contribution in [0.2, 0.25) is 0 Å². The summed E-state index contributed by atoms with van der Waals surface area (Å²) in [6, 6.07) is 24.4. The van der Waals surface area contributed by atoms with Gasteiger partial charge in [-0.15, -0.1) is 10.2 Å². The normalized spacial score (nSPS) is 15.2. The highest BCUT2D eigenvalue weighted by atomic mass is 32.2. The van der Waals surface area contributed by atoms with Crippen molar-refractivity contribution in [3.05, 3.63) is 84.6 Å². The van der Waals surface area contributed by atoms with Crippen LogP contribution in [0.4, 0.5) is 0 Å². The van der Waals surface area contributed by atoms with E-state index in [0.717, 1.165) is 37.6 Å². The lowest BCUT2D eigenvalue weighted by Gasteiger charge is -2.35. The van der Waals surface area contributed by atoms with E-state index in [4.69, 9.17) is 9.47 Å². The highest BCUT2D eigenvalue weighted by Crippen LogP contribution is 2.39. The molecule has 0 spiro atoms. The fourth-order valence-electron chi connectivity index (χ4n) is 4.92. The average molecular weight is 497 g/mol. The summed E-state index contributed by atoms with van der Waals surface area (Å²) in [5, 5.41) is 9.80. The van der Waals surface area contributed by atoms with Crippen molar-refractivity contribution in [2.45, 2.75) is 28.0 Å². The molecule has 8 heteroatoms. The van der Waals surface area contributed by atoms with Crippen molar-refractivity contribution in [1.82, 2.24) is 19.6 Å². The Morgan fingerprint density at radius 1 is 0.972 bits per heavy atom. The Labute approximate surface area is 212 Å². The van der Waals surface area contributed by atoms with Crippen molar-refractivity contribution in [3.8, 4) is 11.5 Å². The molecule has 5 aromatic rings. The van der Waals surface area contributed by atoms with Crippen molar-refractivity contribution in [3.63, 3.8) is 0 Å². The van der Waals surface area contributed by atoms with Gasteiger partial charge in [0.2, 0.25) is 0 Å². The van der Waals surface area contributed by atoms with E-state index in [-0.39, 0.29) is 5.97 Å². The van der Waals surface area contributed by atoms with Crippen molar-refractivity contribution in [2.24, 2.45) is 0 Å². The highest BCUT2D eigenvalue weighted by molar-refractivity contribution is 7.99. The van der Waals surface area contributed by atoms with Crippen LogP contribution in [0.1, 0.15) is 18.4 Å². The summed E-state index contributed by atoms with van der Waals surface area (Å²) in [6.45, 7) is 1.10. The molecule has 0 atom stereocenters. The van der Waals surface area contributed by atoms with Crippen LogP contribution in [-0.4, -0.2) is 45.9 Å². The third kappa shape index (κ3) is 3.92. The Bertz CT molecular complexity index is 1560. The standard InChI is InChI=1S/C28H24N4O3S/c1-34-27(33)28(12-15-35-16-13-28)20-5-4-6-21(18-20)36-22-9-10-24-19(17-22)8-11-25-30-31-26(32(24)25)23-7-2-3-14-29-23/h2-11,14,17-18H,12-13,15-16H2,1H3. The molecule has 4 heterocycles. The van der Waals surface area contributed by atoms with Gasteiger partial charge in [0.05, 0.1) is 18.0 Å². The molecule has 7 nitrogen and oxygen atoms in total. The van der Waals surface area contributed by atoms with Gasteiger partial charge in [-0.2, -0.15) is 0 Å². The second-order valence-corrected chi connectivity index (χ2v) is 9.95. The van der Waals surface area contributed by atoms with Gasteiger partial charge in [-0.1, -0.05) is 30.0 Å². The first-order valence-electron chi connectivity index (χ1n) is 11.8. The van der Waals surface area contributed by atoms with E-state index in [1.54, 1.807) is 18.0 Å². The van der Waals surface area contributed by atoms with Gasteiger partial charge in [-0.3, -0.25) is 14.2 Å². The molecule has 0 unspecified atom stereocenters. The number of methoxy groups -OCH3 is 1. The summed E-state index contributed by atoms with van der Waals surface area (Å²) < 4.78 is 12.8. The first-order chi connectivity index (χ1) is 17.7. The van der Waals surface area contributed by atoms with Crippen molar-refractivity contribution < 1.29 is 14.3 Å². The second-order valence-electron chi connectivity index (χ2n) is 8.80. The van der Waals surface area contributed by atoms with E-state index in [9.17, 15) is 4.79 Å². The number of carbonyl (C=O) groups excluding carboxylic acids is 1. The van der Waals surface area contributed by atoms with Crippen LogP contribution in [0, 0.1) is 0 Å². The SMILES string of the molecule is COC(=O)C1(c2cccc(Sc3ccc4c(ccc5nnc(-c6ccccn6)n54)c3)c2)CCOCC1. The molecular weight excluding hydrogens is 472 g/mol. The number of rotatable bonds is 5. The van der Waals surface area contributed by atoms with Crippen LogP contribution in [-0.2, 0) is 19.7 Å². The number of hydrogen-bond acceptors (Lipinski definition) is 7. The lowest BCUT2D eigenvalue weighted by Crippen LogP contribution is -2.42. The largest absolute Gasteiger partial charge is 0.468 e. The average Bonchev–Trinajstić information content (AvgIpc) is 3.38. The van der Waals surface area contributed by atoms with Crippen LogP contribution >= 0.6 is 11.8 Å². The maximum absolute atomic E-state index is 12.8. The van der Waals surface area contributed by atoms with Crippen molar-refractivity contribution in [1.29, 1.82) is 0 Å². The maximum Gasteiger partial charge on any atom is 0.316 e. The third-order valence-corrected chi connectivity index (χ3v) is 7.76. The zero-order chi connectivity index (χ0) is 24.5. The topological polar surface area (TPSA) is 78.6 Å². The van der Waals surface area contributed by atoms with Gasteiger partial charge in [0.25, 0.3) is 0 Å². The number of fused-ring (bicyclic) bond motifs is 3. The molecule has 0 amide bonds. The van der Waals surface area contributed by atoms with E-state index < -0.39 is 5.41 Å². The van der Waals surface area contributed by atoms with Gasteiger partial charge >= 0.3 is 5.97 Å². The van der Waals surface area contributed by atoms with Crippen molar-refractivity contribution >= 4 is 34.3 Å². The molecule has 1 saturated heterocycles. The lowest BCUT2D eigenvalue weighted by molar-refractivity contribution is -0.151. The molecule has 1 fully saturated rings. The van der Waals surface area contributed by atoms with Crippen LogP contribution in [0.3, 0.4) is 0 Å². The minimum absolute atomic E-state index is 0.194. The molecule has 180 valence electrons. The number of ether oxygens (including phenoxy) is 2. The number of pyridine rings is 2. The number of aromatic nitrogens is 4. The molecule has 1 aliphatic heterocycles. The number of nitrogens with zero attached hydrogens (tertiary/aromatic N) is 4. The minimum Gasteiger partial charge on any atom is -0.468 e. The van der Waals surface area contributed by atoms with Gasteiger partial charge in [-0.25, -0.2) is 0 Å².